The first-order valence-electron chi connectivity index (χ1n) is 5.67. The lowest BCUT2D eigenvalue weighted by atomic mass is 9.96. The van der Waals surface area contributed by atoms with Crippen LogP contribution in [0.4, 0.5) is 13.2 Å². The summed E-state index contributed by atoms with van der Waals surface area (Å²) in [4.78, 5) is 4.29. The Bertz CT molecular complexity index is 508. The van der Waals surface area contributed by atoms with Crippen molar-refractivity contribution in [2.75, 3.05) is 6.61 Å². The smallest absolute Gasteiger partial charge is 0.263 e. The van der Waals surface area contributed by atoms with Crippen LogP contribution in [0.2, 0.25) is 0 Å². The van der Waals surface area contributed by atoms with E-state index in [0.29, 0.717) is 0 Å². The van der Waals surface area contributed by atoms with Gasteiger partial charge in [0.2, 0.25) is 0 Å². The van der Waals surface area contributed by atoms with Crippen LogP contribution in [0.25, 0.3) is 0 Å². The van der Waals surface area contributed by atoms with Gasteiger partial charge >= 0.3 is 0 Å². The monoisotopic (exact) mass is 293 g/mol. The number of nitrogens with zero attached hydrogens (tertiary/aromatic N) is 2. The molecule has 2 heterocycles. The Kier molecular flexibility index (Phi) is 3.31. The number of hydrogen-bond donors (Lipinski definition) is 3. The third kappa shape index (κ3) is 1.98. The number of hydrogen-bond acceptors (Lipinski definition) is 6. The van der Waals surface area contributed by atoms with Crippen molar-refractivity contribution < 1.29 is 28.1 Å². The van der Waals surface area contributed by atoms with Crippen LogP contribution in [0, 0.1) is 0 Å². The van der Waals surface area contributed by atoms with Gasteiger partial charge in [-0.05, 0) is 6.92 Å². The molecule has 0 aliphatic carbocycles. The number of ether oxygens (including phenoxy) is 1. The molecule has 4 N–H and O–H groups in total. The quantitative estimate of drug-likeness (QED) is 0.669. The first-order valence-corrected chi connectivity index (χ1v) is 5.67. The zero-order valence-corrected chi connectivity index (χ0v) is 10.6. The highest BCUT2D eigenvalue weighted by molar-refractivity contribution is 5.96. The van der Waals surface area contributed by atoms with Crippen LogP contribution in [0.5, 0.6) is 0 Å². The van der Waals surface area contributed by atoms with Crippen molar-refractivity contribution in [3.05, 3.63) is 24.4 Å². The van der Waals surface area contributed by atoms with Gasteiger partial charge < -0.3 is 25.6 Å². The number of aliphatic hydroxyl groups is 2. The van der Waals surface area contributed by atoms with Gasteiger partial charge in [0.05, 0.1) is 0 Å². The van der Waals surface area contributed by atoms with E-state index in [1.807, 2.05) is 0 Å². The Morgan fingerprint density at radius 3 is 2.70 bits per heavy atom. The summed E-state index contributed by atoms with van der Waals surface area (Å²) < 4.78 is 46.7. The van der Waals surface area contributed by atoms with E-state index in [2.05, 4.69) is 11.6 Å². The summed E-state index contributed by atoms with van der Waals surface area (Å²) in [5.41, 5.74) is 2.59. The lowest BCUT2D eigenvalue weighted by Gasteiger charge is -2.34. The van der Waals surface area contributed by atoms with Crippen molar-refractivity contribution in [3.63, 3.8) is 0 Å². The summed E-state index contributed by atoms with van der Waals surface area (Å²) in [5.74, 6) is -4.64. The second-order valence-corrected chi connectivity index (χ2v) is 4.77. The predicted molar refractivity (Wildman–Crippen MR) is 63.1 cm³/mol. The fraction of sp³-hybridized carbons (Fsp3) is 0.545. The van der Waals surface area contributed by atoms with Crippen molar-refractivity contribution in [2.45, 2.75) is 30.8 Å². The third-order valence-corrected chi connectivity index (χ3v) is 3.25. The van der Waals surface area contributed by atoms with E-state index in [1.165, 1.54) is 0 Å². The van der Waals surface area contributed by atoms with E-state index < -0.39 is 42.1 Å². The Hall–Kier alpha value is -1.58. The molecule has 0 spiro atoms. The second-order valence-electron chi connectivity index (χ2n) is 4.77. The average Bonchev–Trinajstić information content (AvgIpc) is 2.56. The summed E-state index contributed by atoms with van der Waals surface area (Å²) >= 11 is 0. The maximum atomic E-state index is 14.5. The number of aliphatic hydroxyl groups excluding tert-OH is 2. The van der Waals surface area contributed by atoms with Gasteiger partial charge in [0.25, 0.3) is 5.85 Å². The summed E-state index contributed by atoms with van der Waals surface area (Å²) in [6.45, 7) is 3.02. The van der Waals surface area contributed by atoms with E-state index in [9.17, 15) is 18.3 Å². The van der Waals surface area contributed by atoms with Crippen LogP contribution in [0.3, 0.4) is 0 Å². The SMILES string of the molecule is C=C1N=C(N)C(F)=CN1[C@@H]1O[C@](F)(CO)[C@H](O)C1(C)F. The van der Waals surface area contributed by atoms with Crippen LogP contribution >= 0.6 is 0 Å². The van der Waals surface area contributed by atoms with Crippen LogP contribution in [-0.2, 0) is 4.74 Å². The van der Waals surface area contributed by atoms with Crippen LogP contribution in [0.15, 0.2) is 29.4 Å². The summed E-state index contributed by atoms with van der Waals surface area (Å²) in [6.07, 6.45) is -3.29. The molecule has 2 rings (SSSR count). The van der Waals surface area contributed by atoms with Crippen molar-refractivity contribution in [1.82, 2.24) is 4.90 Å². The predicted octanol–water partition coefficient (Wildman–Crippen LogP) is 0.0448. The van der Waals surface area contributed by atoms with Crippen molar-refractivity contribution in [1.29, 1.82) is 0 Å². The number of amidine groups is 1. The first kappa shape index (κ1) is 14.8. The van der Waals surface area contributed by atoms with Gasteiger partial charge in [-0.3, -0.25) is 0 Å². The molecule has 9 heteroatoms. The summed E-state index contributed by atoms with van der Waals surface area (Å²) in [7, 11) is 0. The molecule has 0 aromatic heterocycles. The van der Waals surface area contributed by atoms with Crippen molar-refractivity contribution in [3.8, 4) is 0 Å². The Labute approximate surface area is 112 Å². The molecule has 1 unspecified atom stereocenters. The molecule has 0 bridgehead atoms. The topological polar surface area (TPSA) is 91.3 Å². The Morgan fingerprint density at radius 1 is 1.60 bits per heavy atom. The standard InChI is InChI=1S/C11H14F3N3O3/c1-5-16-7(15)6(12)3-17(5)9-10(2,13)8(19)11(14,4-18)20-9/h3,8-9,18-19H,1,4H2,2H3,(H2,15,16)/t8-,9-,10?,11-/m1/s1. The second kappa shape index (κ2) is 4.47. The maximum Gasteiger partial charge on any atom is 0.263 e. The van der Waals surface area contributed by atoms with E-state index in [0.717, 1.165) is 18.0 Å². The molecule has 0 radical (unpaired) electrons. The number of nitrogens with two attached hydrogens (primary N) is 1. The molecular weight excluding hydrogens is 279 g/mol. The minimum atomic E-state index is -3.01. The fourth-order valence-corrected chi connectivity index (χ4v) is 2.09. The minimum Gasteiger partial charge on any atom is -0.390 e. The summed E-state index contributed by atoms with van der Waals surface area (Å²) in [6, 6.07) is 0. The molecule has 20 heavy (non-hydrogen) atoms. The number of aliphatic imine (C=N–C) groups is 1. The largest absolute Gasteiger partial charge is 0.390 e. The number of halogens is 3. The van der Waals surface area contributed by atoms with Gasteiger partial charge in [-0.2, -0.15) is 0 Å². The highest BCUT2D eigenvalue weighted by Gasteiger charge is 2.65. The zero-order valence-electron chi connectivity index (χ0n) is 10.6. The van der Waals surface area contributed by atoms with Crippen LogP contribution < -0.4 is 5.73 Å². The molecule has 0 aromatic rings. The number of alkyl halides is 2. The molecule has 2 aliphatic heterocycles. The highest BCUT2D eigenvalue weighted by atomic mass is 19.2. The lowest BCUT2D eigenvalue weighted by molar-refractivity contribution is -0.209. The third-order valence-electron chi connectivity index (χ3n) is 3.25. The van der Waals surface area contributed by atoms with Gasteiger partial charge in [0, 0.05) is 6.20 Å². The van der Waals surface area contributed by atoms with Gasteiger partial charge in [-0.25, -0.2) is 18.2 Å². The lowest BCUT2D eigenvalue weighted by Crippen LogP contribution is -2.50. The molecular formula is C11H14F3N3O3. The molecule has 0 saturated carbocycles. The first-order chi connectivity index (χ1) is 9.13. The molecule has 6 nitrogen and oxygen atoms in total. The van der Waals surface area contributed by atoms with Crippen molar-refractivity contribution in [2.24, 2.45) is 10.7 Å². The van der Waals surface area contributed by atoms with Gasteiger partial charge in [0.1, 0.15) is 12.4 Å². The molecule has 0 amide bonds. The molecule has 1 fully saturated rings. The van der Waals surface area contributed by atoms with E-state index in [-0.39, 0.29) is 5.82 Å². The Morgan fingerprint density at radius 2 is 2.20 bits per heavy atom. The van der Waals surface area contributed by atoms with Gasteiger partial charge in [0.15, 0.2) is 29.7 Å². The molecule has 2 aliphatic rings. The van der Waals surface area contributed by atoms with Crippen LogP contribution in [0.1, 0.15) is 6.92 Å². The summed E-state index contributed by atoms with van der Waals surface area (Å²) in [5, 5.41) is 18.5. The van der Waals surface area contributed by atoms with E-state index >= 15 is 0 Å². The van der Waals surface area contributed by atoms with Gasteiger partial charge in [-0.15, -0.1) is 0 Å². The van der Waals surface area contributed by atoms with E-state index in [4.69, 9.17) is 15.6 Å². The van der Waals surface area contributed by atoms with Crippen molar-refractivity contribution >= 4 is 5.84 Å². The average molecular weight is 293 g/mol. The normalized spacial score (nSPS) is 41.7. The molecule has 4 atom stereocenters. The maximum absolute atomic E-state index is 14.5. The minimum absolute atomic E-state index is 0.188. The molecule has 1 saturated heterocycles. The van der Waals surface area contributed by atoms with Crippen LogP contribution in [-0.4, -0.2) is 51.4 Å². The molecule has 0 aromatic carbocycles. The Balaban J connectivity index is 2.37. The zero-order chi connectivity index (χ0) is 15.3. The molecule has 112 valence electrons. The fourth-order valence-electron chi connectivity index (χ4n) is 2.09. The number of rotatable bonds is 2. The van der Waals surface area contributed by atoms with Gasteiger partial charge in [-0.1, -0.05) is 6.58 Å². The highest BCUT2D eigenvalue weighted by Crippen LogP contribution is 2.44. The van der Waals surface area contributed by atoms with E-state index in [1.54, 1.807) is 0 Å².